The number of aromatic nitrogens is 4. The molecule has 0 bridgehead atoms. The number of anilines is 3. The van der Waals surface area contributed by atoms with Crippen molar-refractivity contribution in [2.75, 3.05) is 31.4 Å². The van der Waals surface area contributed by atoms with E-state index in [9.17, 15) is 4.79 Å². The smallest absolute Gasteiger partial charge is 0.278 e. The van der Waals surface area contributed by atoms with Gasteiger partial charge in [-0.3, -0.25) is 9.36 Å². The molecule has 0 saturated heterocycles. The lowest BCUT2D eigenvalue weighted by molar-refractivity contribution is 0.146. The van der Waals surface area contributed by atoms with E-state index in [0.29, 0.717) is 47.4 Å². The largest absolute Gasteiger partial charge is 0.491 e. The number of methoxy groups -OCH3 is 1. The van der Waals surface area contributed by atoms with Crippen LogP contribution in [0.1, 0.15) is 25.5 Å². The van der Waals surface area contributed by atoms with Gasteiger partial charge < -0.3 is 20.5 Å². The Morgan fingerprint density at radius 2 is 1.88 bits per heavy atom. The van der Waals surface area contributed by atoms with Crippen molar-refractivity contribution in [3.63, 3.8) is 0 Å². The van der Waals surface area contributed by atoms with Crippen LogP contribution in [-0.2, 0) is 4.74 Å². The number of nitrogens with two attached hydrogens (primary N) is 1. The van der Waals surface area contributed by atoms with Crippen LogP contribution in [0.15, 0.2) is 59.5 Å². The zero-order valence-corrected chi connectivity index (χ0v) is 18.8. The van der Waals surface area contributed by atoms with E-state index < -0.39 is 0 Å². The SMILES string of the molecule is COCCOc1ccc(Nc2ncc3nc(C(C)C)c(=O)n(-c4cccc(N)c4)c3n2)cc1. The van der Waals surface area contributed by atoms with E-state index >= 15 is 0 Å². The Morgan fingerprint density at radius 3 is 2.58 bits per heavy atom. The van der Waals surface area contributed by atoms with E-state index in [-0.39, 0.29) is 11.5 Å². The van der Waals surface area contributed by atoms with Crippen LogP contribution in [0.2, 0.25) is 0 Å². The lowest BCUT2D eigenvalue weighted by atomic mass is 10.1. The van der Waals surface area contributed by atoms with Gasteiger partial charge in [0, 0.05) is 24.4 Å². The maximum atomic E-state index is 13.3. The van der Waals surface area contributed by atoms with Crippen LogP contribution in [0, 0.1) is 0 Å². The molecule has 2 heterocycles. The molecule has 0 fully saturated rings. The fourth-order valence-electron chi connectivity index (χ4n) is 3.34. The Morgan fingerprint density at radius 1 is 1.09 bits per heavy atom. The van der Waals surface area contributed by atoms with E-state index in [1.165, 1.54) is 4.57 Å². The number of nitrogen functional groups attached to an aromatic ring is 1. The zero-order valence-electron chi connectivity index (χ0n) is 18.8. The van der Waals surface area contributed by atoms with Gasteiger partial charge in [0.1, 0.15) is 23.6 Å². The molecule has 0 amide bonds. The molecule has 0 atom stereocenters. The fourth-order valence-corrected chi connectivity index (χ4v) is 3.34. The highest BCUT2D eigenvalue weighted by atomic mass is 16.5. The molecule has 0 saturated carbocycles. The molecule has 170 valence electrons. The van der Waals surface area contributed by atoms with Crippen LogP contribution in [0.3, 0.4) is 0 Å². The van der Waals surface area contributed by atoms with Crippen LogP contribution in [-0.4, -0.2) is 39.8 Å². The summed E-state index contributed by atoms with van der Waals surface area (Å²) in [6.45, 7) is 4.85. The summed E-state index contributed by atoms with van der Waals surface area (Å²) in [6, 6.07) is 14.5. The summed E-state index contributed by atoms with van der Waals surface area (Å²) in [7, 11) is 1.63. The average molecular weight is 447 g/mol. The van der Waals surface area contributed by atoms with Crippen molar-refractivity contribution in [2.45, 2.75) is 19.8 Å². The molecule has 2 aromatic carbocycles. The summed E-state index contributed by atoms with van der Waals surface area (Å²) in [6.07, 6.45) is 1.61. The monoisotopic (exact) mass is 446 g/mol. The summed E-state index contributed by atoms with van der Waals surface area (Å²) >= 11 is 0. The Bertz CT molecular complexity index is 1320. The number of benzene rings is 2. The summed E-state index contributed by atoms with van der Waals surface area (Å²) in [5, 5.41) is 3.17. The van der Waals surface area contributed by atoms with E-state index in [4.69, 9.17) is 15.2 Å². The predicted molar refractivity (Wildman–Crippen MR) is 129 cm³/mol. The lowest BCUT2D eigenvalue weighted by Gasteiger charge is -2.14. The van der Waals surface area contributed by atoms with Gasteiger partial charge in [-0.15, -0.1) is 0 Å². The lowest BCUT2D eigenvalue weighted by Crippen LogP contribution is -2.26. The van der Waals surface area contributed by atoms with Crippen LogP contribution in [0.5, 0.6) is 5.75 Å². The molecule has 0 aliphatic heterocycles. The number of nitrogens with one attached hydrogen (secondary N) is 1. The van der Waals surface area contributed by atoms with Crippen LogP contribution < -0.4 is 21.3 Å². The first-order valence-electron chi connectivity index (χ1n) is 10.6. The van der Waals surface area contributed by atoms with Crippen LogP contribution in [0.25, 0.3) is 16.9 Å². The highest BCUT2D eigenvalue weighted by Gasteiger charge is 2.17. The molecule has 4 rings (SSSR count). The Hall–Kier alpha value is -3.98. The Balaban J connectivity index is 1.73. The molecule has 0 aliphatic rings. The molecule has 9 nitrogen and oxygen atoms in total. The van der Waals surface area contributed by atoms with Crippen LogP contribution >= 0.6 is 0 Å². The summed E-state index contributed by atoms with van der Waals surface area (Å²) < 4.78 is 12.1. The minimum Gasteiger partial charge on any atom is -0.491 e. The second-order valence-corrected chi connectivity index (χ2v) is 7.78. The van der Waals surface area contributed by atoms with Gasteiger partial charge in [0.25, 0.3) is 5.56 Å². The third kappa shape index (κ3) is 4.93. The number of ether oxygens (including phenoxy) is 2. The first-order valence-corrected chi connectivity index (χ1v) is 10.6. The van der Waals surface area contributed by atoms with Crippen molar-refractivity contribution < 1.29 is 9.47 Å². The number of fused-ring (bicyclic) bond motifs is 1. The topological polar surface area (TPSA) is 117 Å². The van der Waals surface area contributed by atoms with Crippen molar-refractivity contribution in [1.29, 1.82) is 0 Å². The Labute approximate surface area is 191 Å². The fraction of sp³-hybridized carbons (Fsp3) is 0.250. The minimum absolute atomic E-state index is 0.0587. The second-order valence-electron chi connectivity index (χ2n) is 7.78. The maximum absolute atomic E-state index is 13.3. The van der Waals surface area contributed by atoms with Crippen LogP contribution in [0.4, 0.5) is 17.3 Å². The van der Waals surface area contributed by atoms with E-state index in [1.807, 2.05) is 44.2 Å². The summed E-state index contributed by atoms with van der Waals surface area (Å²) in [5.41, 5.74) is 9.06. The molecule has 0 spiro atoms. The van der Waals surface area contributed by atoms with E-state index in [1.54, 1.807) is 31.5 Å². The average Bonchev–Trinajstić information content (AvgIpc) is 2.80. The molecule has 2 aromatic heterocycles. The third-order valence-corrected chi connectivity index (χ3v) is 4.97. The number of hydrogen-bond donors (Lipinski definition) is 2. The highest BCUT2D eigenvalue weighted by molar-refractivity contribution is 5.74. The number of rotatable bonds is 8. The first kappa shape index (κ1) is 22.2. The molecule has 0 radical (unpaired) electrons. The predicted octanol–water partition coefficient (Wildman–Crippen LogP) is 3.65. The third-order valence-electron chi connectivity index (χ3n) is 4.97. The molecule has 0 aliphatic carbocycles. The van der Waals surface area contributed by atoms with E-state index in [0.717, 1.165) is 11.4 Å². The van der Waals surface area contributed by atoms with Crippen molar-refractivity contribution in [3.05, 3.63) is 70.8 Å². The van der Waals surface area contributed by atoms with Gasteiger partial charge >= 0.3 is 0 Å². The summed E-state index contributed by atoms with van der Waals surface area (Å²) in [4.78, 5) is 26.8. The van der Waals surface area contributed by atoms with Gasteiger partial charge in [0.15, 0.2) is 5.65 Å². The normalized spacial score (nSPS) is 11.2. The van der Waals surface area contributed by atoms with Crippen molar-refractivity contribution >= 4 is 28.5 Å². The van der Waals surface area contributed by atoms with Gasteiger partial charge in [-0.2, -0.15) is 4.98 Å². The number of hydrogen-bond acceptors (Lipinski definition) is 8. The standard InChI is InChI=1S/C24H26N6O3/c1-15(2)21-23(31)30(18-6-4-5-16(25)13-18)22-20(28-21)14-26-24(29-22)27-17-7-9-19(10-8-17)33-12-11-32-3/h4-10,13-15H,11-12,25H2,1-3H3,(H,26,27,29). The molecule has 33 heavy (non-hydrogen) atoms. The highest BCUT2D eigenvalue weighted by Crippen LogP contribution is 2.22. The van der Waals surface area contributed by atoms with Gasteiger partial charge in [0.05, 0.1) is 18.5 Å². The first-order chi connectivity index (χ1) is 16.0. The molecule has 0 unspecified atom stereocenters. The quantitative estimate of drug-likeness (QED) is 0.311. The van der Waals surface area contributed by atoms with Crippen molar-refractivity contribution in [3.8, 4) is 11.4 Å². The second kappa shape index (κ2) is 9.66. The van der Waals surface area contributed by atoms with Gasteiger partial charge in [-0.05, 0) is 42.5 Å². The summed E-state index contributed by atoms with van der Waals surface area (Å²) in [5.74, 6) is 1.02. The van der Waals surface area contributed by atoms with E-state index in [2.05, 4.69) is 20.3 Å². The zero-order chi connectivity index (χ0) is 23.4. The van der Waals surface area contributed by atoms with Gasteiger partial charge in [-0.25, -0.2) is 9.97 Å². The molecular weight excluding hydrogens is 420 g/mol. The number of nitrogens with zero attached hydrogens (tertiary/aromatic N) is 4. The molecule has 3 N–H and O–H groups in total. The maximum Gasteiger partial charge on any atom is 0.278 e. The minimum atomic E-state index is -0.231. The molecular formula is C24H26N6O3. The van der Waals surface area contributed by atoms with Crippen molar-refractivity contribution in [1.82, 2.24) is 19.5 Å². The molecule has 9 heteroatoms. The molecule has 4 aromatic rings. The van der Waals surface area contributed by atoms with Gasteiger partial charge in [-0.1, -0.05) is 19.9 Å². The van der Waals surface area contributed by atoms with Crippen molar-refractivity contribution in [2.24, 2.45) is 0 Å². The van der Waals surface area contributed by atoms with Gasteiger partial charge in [0.2, 0.25) is 5.95 Å². The Kier molecular flexibility index (Phi) is 6.50.